The standard InChI is InChI=1S/C16H26N2O2S/c1-4-18(21(3,19)20)12-8-11-17-14-15(2)13-16-9-6-5-7-10-16/h5-7,9-10,13,17H,4,8,11-12,14H2,1-3H3/b15-13+. The van der Waals surface area contributed by atoms with E-state index in [1.807, 2.05) is 25.1 Å². The van der Waals surface area contributed by atoms with Crippen molar-refractivity contribution in [2.45, 2.75) is 20.3 Å². The van der Waals surface area contributed by atoms with Gasteiger partial charge in [-0.2, -0.15) is 0 Å². The van der Waals surface area contributed by atoms with Crippen molar-refractivity contribution in [2.75, 3.05) is 32.4 Å². The lowest BCUT2D eigenvalue weighted by Crippen LogP contribution is -2.32. The van der Waals surface area contributed by atoms with Crippen LogP contribution in [0, 0.1) is 0 Å². The summed E-state index contributed by atoms with van der Waals surface area (Å²) >= 11 is 0. The largest absolute Gasteiger partial charge is 0.313 e. The normalized spacial score (nSPS) is 12.9. The molecule has 0 heterocycles. The molecule has 0 bridgehead atoms. The second kappa shape index (κ2) is 8.97. The Hall–Kier alpha value is -1.17. The number of sulfonamides is 1. The van der Waals surface area contributed by atoms with Crippen molar-refractivity contribution in [3.8, 4) is 0 Å². The molecule has 0 aliphatic rings. The number of nitrogens with one attached hydrogen (secondary N) is 1. The molecule has 0 saturated carbocycles. The summed E-state index contributed by atoms with van der Waals surface area (Å²) in [4.78, 5) is 0. The Bertz CT molecular complexity index is 539. The zero-order chi connectivity index (χ0) is 15.7. The van der Waals surface area contributed by atoms with Crippen LogP contribution in [0.25, 0.3) is 6.08 Å². The quantitative estimate of drug-likeness (QED) is 0.712. The van der Waals surface area contributed by atoms with Gasteiger partial charge in [-0.05, 0) is 25.5 Å². The van der Waals surface area contributed by atoms with Gasteiger partial charge < -0.3 is 5.32 Å². The number of hydrogen-bond acceptors (Lipinski definition) is 3. The molecule has 0 atom stereocenters. The molecular formula is C16H26N2O2S. The molecule has 0 unspecified atom stereocenters. The van der Waals surface area contributed by atoms with Gasteiger partial charge in [-0.25, -0.2) is 12.7 Å². The van der Waals surface area contributed by atoms with Gasteiger partial charge in [0.15, 0.2) is 0 Å². The maximum absolute atomic E-state index is 11.4. The van der Waals surface area contributed by atoms with E-state index in [0.29, 0.717) is 13.1 Å². The van der Waals surface area contributed by atoms with E-state index in [9.17, 15) is 8.42 Å². The third-order valence-corrected chi connectivity index (χ3v) is 4.58. The minimum Gasteiger partial charge on any atom is -0.313 e. The Kier molecular flexibility index (Phi) is 7.64. The second-order valence-electron chi connectivity index (χ2n) is 5.19. The van der Waals surface area contributed by atoms with Gasteiger partial charge in [0.1, 0.15) is 0 Å². The highest BCUT2D eigenvalue weighted by atomic mass is 32.2. The maximum atomic E-state index is 11.4. The Balaban J connectivity index is 2.27. The van der Waals surface area contributed by atoms with E-state index >= 15 is 0 Å². The summed E-state index contributed by atoms with van der Waals surface area (Å²) in [5, 5.41) is 3.35. The van der Waals surface area contributed by atoms with Gasteiger partial charge in [0, 0.05) is 19.6 Å². The Labute approximate surface area is 128 Å². The van der Waals surface area contributed by atoms with Crippen LogP contribution in [0.5, 0.6) is 0 Å². The van der Waals surface area contributed by atoms with E-state index in [1.165, 1.54) is 21.7 Å². The smallest absolute Gasteiger partial charge is 0.211 e. The van der Waals surface area contributed by atoms with Gasteiger partial charge in [-0.1, -0.05) is 48.9 Å². The molecular weight excluding hydrogens is 284 g/mol. The first-order valence-electron chi connectivity index (χ1n) is 7.31. The van der Waals surface area contributed by atoms with E-state index in [1.54, 1.807) is 0 Å². The number of hydrogen-bond donors (Lipinski definition) is 1. The monoisotopic (exact) mass is 310 g/mol. The molecule has 0 fully saturated rings. The number of nitrogens with zero attached hydrogens (tertiary/aromatic N) is 1. The number of rotatable bonds is 9. The SMILES string of the molecule is CCN(CCCNC/C(C)=C/c1ccccc1)S(C)(=O)=O. The van der Waals surface area contributed by atoms with Crippen molar-refractivity contribution < 1.29 is 8.42 Å². The third kappa shape index (κ3) is 7.41. The first-order valence-corrected chi connectivity index (χ1v) is 9.16. The molecule has 0 spiro atoms. The predicted molar refractivity (Wildman–Crippen MR) is 89.7 cm³/mol. The fourth-order valence-corrected chi connectivity index (χ4v) is 3.04. The molecule has 0 aromatic heterocycles. The Morgan fingerprint density at radius 2 is 1.95 bits per heavy atom. The van der Waals surface area contributed by atoms with Crippen LogP contribution in [0.4, 0.5) is 0 Å². The summed E-state index contributed by atoms with van der Waals surface area (Å²) in [7, 11) is -3.07. The van der Waals surface area contributed by atoms with Crippen molar-refractivity contribution in [3.05, 3.63) is 41.5 Å². The summed E-state index contributed by atoms with van der Waals surface area (Å²) in [5.74, 6) is 0. The molecule has 0 radical (unpaired) electrons. The van der Waals surface area contributed by atoms with Crippen LogP contribution < -0.4 is 5.32 Å². The topological polar surface area (TPSA) is 49.4 Å². The van der Waals surface area contributed by atoms with E-state index in [2.05, 4.69) is 30.4 Å². The van der Waals surface area contributed by atoms with Gasteiger partial charge in [-0.15, -0.1) is 0 Å². The van der Waals surface area contributed by atoms with Gasteiger partial charge in [-0.3, -0.25) is 0 Å². The van der Waals surface area contributed by atoms with E-state index in [-0.39, 0.29) is 0 Å². The first-order chi connectivity index (χ1) is 9.93. The van der Waals surface area contributed by atoms with Crippen LogP contribution in [-0.4, -0.2) is 45.2 Å². The van der Waals surface area contributed by atoms with Crippen molar-refractivity contribution in [1.82, 2.24) is 9.62 Å². The highest BCUT2D eigenvalue weighted by Gasteiger charge is 2.12. The van der Waals surface area contributed by atoms with Crippen LogP contribution in [0.15, 0.2) is 35.9 Å². The first kappa shape index (κ1) is 17.9. The highest BCUT2D eigenvalue weighted by Crippen LogP contribution is 2.05. The summed E-state index contributed by atoms with van der Waals surface area (Å²) in [6, 6.07) is 10.2. The molecule has 0 aliphatic heterocycles. The molecule has 0 saturated heterocycles. The molecule has 1 N–H and O–H groups in total. The van der Waals surface area contributed by atoms with Gasteiger partial charge in [0.05, 0.1) is 6.26 Å². The summed E-state index contributed by atoms with van der Waals surface area (Å²) < 4.78 is 24.4. The van der Waals surface area contributed by atoms with E-state index in [0.717, 1.165) is 19.5 Å². The number of benzene rings is 1. The Morgan fingerprint density at radius 1 is 1.29 bits per heavy atom. The summed E-state index contributed by atoms with van der Waals surface area (Å²) in [5.41, 5.74) is 2.46. The predicted octanol–water partition coefficient (Wildman–Crippen LogP) is 2.35. The van der Waals surface area contributed by atoms with Crippen molar-refractivity contribution in [2.24, 2.45) is 0 Å². The molecule has 5 heteroatoms. The zero-order valence-corrected chi connectivity index (χ0v) is 14.0. The fraction of sp³-hybridized carbons (Fsp3) is 0.500. The minimum atomic E-state index is -3.07. The lowest BCUT2D eigenvalue weighted by atomic mass is 10.1. The molecule has 1 rings (SSSR count). The van der Waals surface area contributed by atoms with Crippen molar-refractivity contribution in [3.63, 3.8) is 0 Å². The van der Waals surface area contributed by atoms with Crippen molar-refractivity contribution in [1.29, 1.82) is 0 Å². The van der Waals surface area contributed by atoms with Crippen LogP contribution in [0.2, 0.25) is 0 Å². The molecule has 118 valence electrons. The average Bonchev–Trinajstić information content (AvgIpc) is 2.42. The molecule has 0 amide bonds. The van der Waals surface area contributed by atoms with Crippen LogP contribution in [-0.2, 0) is 10.0 Å². The Morgan fingerprint density at radius 3 is 2.52 bits per heavy atom. The lowest BCUT2D eigenvalue weighted by molar-refractivity contribution is 0.420. The zero-order valence-electron chi connectivity index (χ0n) is 13.2. The average molecular weight is 310 g/mol. The van der Waals surface area contributed by atoms with E-state index in [4.69, 9.17) is 0 Å². The highest BCUT2D eigenvalue weighted by molar-refractivity contribution is 7.88. The van der Waals surface area contributed by atoms with Crippen LogP contribution in [0.3, 0.4) is 0 Å². The van der Waals surface area contributed by atoms with Gasteiger partial charge >= 0.3 is 0 Å². The third-order valence-electron chi connectivity index (χ3n) is 3.20. The molecule has 1 aromatic rings. The maximum Gasteiger partial charge on any atom is 0.211 e. The molecule has 4 nitrogen and oxygen atoms in total. The molecule has 21 heavy (non-hydrogen) atoms. The minimum absolute atomic E-state index is 0.534. The molecule has 1 aromatic carbocycles. The van der Waals surface area contributed by atoms with Gasteiger partial charge in [0.25, 0.3) is 0 Å². The summed E-state index contributed by atoms with van der Waals surface area (Å²) in [6.07, 6.45) is 4.23. The summed E-state index contributed by atoms with van der Waals surface area (Å²) in [6.45, 7) is 6.69. The van der Waals surface area contributed by atoms with Crippen LogP contribution >= 0.6 is 0 Å². The van der Waals surface area contributed by atoms with Crippen molar-refractivity contribution >= 4 is 16.1 Å². The second-order valence-corrected chi connectivity index (χ2v) is 7.17. The van der Waals surface area contributed by atoms with E-state index < -0.39 is 10.0 Å². The molecule has 0 aliphatic carbocycles. The van der Waals surface area contributed by atoms with Crippen LogP contribution in [0.1, 0.15) is 25.8 Å². The van der Waals surface area contributed by atoms with Gasteiger partial charge in [0.2, 0.25) is 10.0 Å². The lowest BCUT2D eigenvalue weighted by Gasteiger charge is -2.17. The fourth-order valence-electron chi connectivity index (χ4n) is 2.11.